The molecule has 0 atom stereocenters. The smallest absolute Gasteiger partial charge is 0.0903 e. The van der Waals surface area contributed by atoms with E-state index in [2.05, 4.69) is 17.2 Å². The van der Waals surface area contributed by atoms with E-state index in [4.69, 9.17) is 5.73 Å². The van der Waals surface area contributed by atoms with Gasteiger partial charge >= 0.3 is 0 Å². The molecule has 0 radical (unpaired) electrons. The van der Waals surface area contributed by atoms with Crippen molar-refractivity contribution < 1.29 is 0 Å². The fourth-order valence-corrected chi connectivity index (χ4v) is 1.81. The molecular weight excluding hydrogens is 164 g/mol. The summed E-state index contributed by atoms with van der Waals surface area (Å²) in [5.74, 6) is 0.638. The van der Waals surface area contributed by atoms with Crippen molar-refractivity contribution in [3.63, 3.8) is 0 Å². The van der Waals surface area contributed by atoms with Gasteiger partial charge in [-0.1, -0.05) is 11.6 Å². The van der Waals surface area contributed by atoms with Gasteiger partial charge in [0, 0.05) is 19.0 Å². The molecule has 0 aliphatic heterocycles. The first-order chi connectivity index (χ1) is 6.36. The van der Waals surface area contributed by atoms with Gasteiger partial charge in [0.25, 0.3) is 0 Å². The maximum Gasteiger partial charge on any atom is 0.0903 e. The van der Waals surface area contributed by atoms with Crippen LogP contribution in [0.3, 0.4) is 0 Å². The fraction of sp³-hybridized carbons (Fsp3) is 0.778. The third kappa shape index (κ3) is 1.35. The molecule has 13 heavy (non-hydrogen) atoms. The minimum atomic E-state index is 0.562. The lowest BCUT2D eigenvalue weighted by Gasteiger charge is -2.23. The van der Waals surface area contributed by atoms with Crippen molar-refractivity contribution in [3.8, 4) is 0 Å². The van der Waals surface area contributed by atoms with E-state index < -0.39 is 0 Å². The summed E-state index contributed by atoms with van der Waals surface area (Å²) in [6, 6.07) is 0. The van der Waals surface area contributed by atoms with Crippen molar-refractivity contribution in [3.05, 3.63) is 11.4 Å². The maximum absolute atomic E-state index is 5.69. The molecule has 1 heterocycles. The van der Waals surface area contributed by atoms with E-state index in [1.54, 1.807) is 0 Å². The van der Waals surface area contributed by atoms with E-state index >= 15 is 0 Å². The van der Waals surface area contributed by atoms with Crippen molar-refractivity contribution in [2.45, 2.75) is 45.2 Å². The zero-order valence-electron chi connectivity index (χ0n) is 8.03. The van der Waals surface area contributed by atoms with Crippen LogP contribution in [-0.2, 0) is 13.1 Å². The normalized spacial score (nSPS) is 17.4. The van der Waals surface area contributed by atoms with E-state index in [0.29, 0.717) is 12.5 Å². The largest absolute Gasteiger partial charge is 0.325 e. The maximum atomic E-state index is 5.69. The van der Waals surface area contributed by atoms with Crippen LogP contribution in [0, 0.1) is 0 Å². The molecule has 1 saturated carbocycles. The van der Waals surface area contributed by atoms with Gasteiger partial charge in [-0.05, 0) is 19.8 Å². The highest BCUT2D eigenvalue weighted by Crippen LogP contribution is 2.36. The lowest BCUT2D eigenvalue weighted by Crippen LogP contribution is -2.15. The molecule has 4 heteroatoms. The topological polar surface area (TPSA) is 56.7 Å². The Hall–Kier alpha value is -0.900. The van der Waals surface area contributed by atoms with Gasteiger partial charge in [-0.3, -0.25) is 0 Å². The van der Waals surface area contributed by atoms with Gasteiger partial charge in [0.15, 0.2) is 0 Å². The van der Waals surface area contributed by atoms with E-state index in [1.807, 2.05) is 4.68 Å². The molecule has 72 valence electrons. The van der Waals surface area contributed by atoms with Crippen LogP contribution in [0.25, 0.3) is 0 Å². The Morgan fingerprint density at radius 3 is 2.77 bits per heavy atom. The molecule has 1 fully saturated rings. The highest BCUT2D eigenvalue weighted by molar-refractivity contribution is 5.17. The lowest BCUT2D eigenvalue weighted by atomic mass is 9.82. The lowest BCUT2D eigenvalue weighted by molar-refractivity contribution is 0.408. The second kappa shape index (κ2) is 3.46. The van der Waals surface area contributed by atoms with Crippen LogP contribution in [-0.4, -0.2) is 15.0 Å². The second-order valence-corrected chi connectivity index (χ2v) is 3.57. The summed E-state index contributed by atoms with van der Waals surface area (Å²) in [5, 5.41) is 8.31. The number of nitrogens with two attached hydrogens (primary N) is 1. The molecule has 1 aromatic heterocycles. The number of hydrogen-bond acceptors (Lipinski definition) is 3. The monoisotopic (exact) mass is 180 g/mol. The Bertz CT molecular complexity index is 288. The summed E-state index contributed by atoms with van der Waals surface area (Å²) in [6.07, 6.45) is 3.85. The predicted octanol–water partition coefficient (Wildman–Crippen LogP) is 1.02. The van der Waals surface area contributed by atoms with Crippen LogP contribution in [0.4, 0.5) is 0 Å². The Balaban J connectivity index is 2.28. The van der Waals surface area contributed by atoms with Crippen molar-refractivity contribution in [2.24, 2.45) is 5.73 Å². The Kier molecular flexibility index (Phi) is 2.31. The molecule has 0 amide bonds. The van der Waals surface area contributed by atoms with Crippen LogP contribution in [0.5, 0.6) is 0 Å². The highest BCUT2D eigenvalue weighted by Gasteiger charge is 2.25. The molecular formula is C9H16N4. The van der Waals surface area contributed by atoms with Crippen LogP contribution >= 0.6 is 0 Å². The first kappa shape index (κ1) is 8.69. The average Bonchev–Trinajstić information content (AvgIpc) is 2.44. The summed E-state index contributed by atoms with van der Waals surface area (Å²) in [6.45, 7) is 3.50. The van der Waals surface area contributed by atoms with E-state index in [0.717, 1.165) is 17.9 Å². The molecule has 0 bridgehead atoms. The number of rotatable bonds is 3. The van der Waals surface area contributed by atoms with Gasteiger partial charge in [-0.2, -0.15) is 0 Å². The van der Waals surface area contributed by atoms with Crippen LogP contribution in [0.1, 0.15) is 43.5 Å². The molecule has 1 aliphatic rings. The number of hydrogen-bond donors (Lipinski definition) is 1. The molecule has 2 N–H and O–H groups in total. The van der Waals surface area contributed by atoms with Crippen molar-refractivity contribution >= 4 is 0 Å². The summed E-state index contributed by atoms with van der Waals surface area (Å²) in [4.78, 5) is 0. The Labute approximate surface area is 78.1 Å². The van der Waals surface area contributed by atoms with E-state index in [-0.39, 0.29) is 0 Å². The van der Waals surface area contributed by atoms with Crippen LogP contribution < -0.4 is 5.73 Å². The summed E-state index contributed by atoms with van der Waals surface area (Å²) < 4.78 is 1.91. The molecule has 1 aromatic rings. The summed E-state index contributed by atoms with van der Waals surface area (Å²) in [7, 11) is 0. The third-order valence-electron chi connectivity index (χ3n) is 2.85. The Morgan fingerprint density at radius 1 is 1.54 bits per heavy atom. The first-order valence-electron chi connectivity index (χ1n) is 4.99. The third-order valence-corrected chi connectivity index (χ3v) is 2.85. The quantitative estimate of drug-likeness (QED) is 0.755. The molecule has 0 aromatic carbocycles. The van der Waals surface area contributed by atoms with E-state index in [1.165, 1.54) is 19.3 Å². The summed E-state index contributed by atoms with van der Waals surface area (Å²) in [5.41, 5.74) is 7.97. The number of aromatic nitrogens is 3. The SMILES string of the molecule is CCn1nnc(C2CCC2)c1CN. The molecule has 4 nitrogen and oxygen atoms in total. The molecule has 0 unspecified atom stereocenters. The predicted molar refractivity (Wildman–Crippen MR) is 50.2 cm³/mol. The van der Waals surface area contributed by atoms with Crippen molar-refractivity contribution in [2.75, 3.05) is 0 Å². The summed E-state index contributed by atoms with van der Waals surface area (Å²) >= 11 is 0. The van der Waals surface area contributed by atoms with Crippen LogP contribution in [0.2, 0.25) is 0 Å². The van der Waals surface area contributed by atoms with Gasteiger partial charge in [0.1, 0.15) is 0 Å². The van der Waals surface area contributed by atoms with Gasteiger partial charge < -0.3 is 5.73 Å². The highest BCUT2D eigenvalue weighted by atomic mass is 15.4. The van der Waals surface area contributed by atoms with Gasteiger partial charge in [-0.15, -0.1) is 5.10 Å². The Morgan fingerprint density at radius 2 is 2.31 bits per heavy atom. The average molecular weight is 180 g/mol. The molecule has 0 spiro atoms. The minimum Gasteiger partial charge on any atom is -0.325 e. The zero-order chi connectivity index (χ0) is 9.26. The van der Waals surface area contributed by atoms with E-state index in [9.17, 15) is 0 Å². The molecule has 0 saturated heterocycles. The van der Waals surface area contributed by atoms with Crippen molar-refractivity contribution in [1.29, 1.82) is 0 Å². The fourth-order valence-electron chi connectivity index (χ4n) is 1.81. The van der Waals surface area contributed by atoms with Gasteiger partial charge in [-0.25, -0.2) is 4.68 Å². The molecule has 1 aliphatic carbocycles. The van der Waals surface area contributed by atoms with Gasteiger partial charge in [0.2, 0.25) is 0 Å². The van der Waals surface area contributed by atoms with Gasteiger partial charge in [0.05, 0.1) is 11.4 Å². The number of nitrogens with zero attached hydrogens (tertiary/aromatic N) is 3. The standard InChI is InChI=1S/C9H16N4/c1-2-13-8(6-10)9(11-12-13)7-4-3-5-7/h7H,2-6,10H2,1H3. The molecule has 2 rings (SSSR count). The van der Waals surface area contributed by atoms with Crippen molar-refractivity contribution in [1.82, 2.24) is 15.0 Å². The zero-order valence-corrected chi connectivity index (χ0v) is 8.03. The first-order valence-corrected chi connectivity index (χ1v) is 4.99. The minimum absolute atomic E-state index is 0.562. The van der Waals surface area contributed by atoms with Crippen LogP contribution in [0.15, 0.2) is 0 Å². The second-order valence-electron chi connectivity index (χ2n) is 3.57. The number of aryl methyl sites for hydroxylation is 1.